The average Bonchev–Trinajstić information content (AvgIpc) is 2.32. The van der Waals surface area contributed by atoms with Crippen LogP contribution in [0.5, 0.6) is 0 Å². The molecule has 0 aliphatic carbocycles. The van der Waals surface area contributed by atoms with Crippen LogP contribution in [0.25, 0.3) is 0 Å². The number of aliphatic hydroxyl groups excluding tert-OH is 1. The van der Waals surface area contributed by atoms with E-state index in [1.54, 1.807) is 6.20 Å². The normalized spacial score (nSPS) is 21.9. The third-order valence-electron chi connectivity index (χ3n) is 3.55. The van der Waals surface area contributed by atoms with Gasteiger partial charge in [0.2, 0.25) is 0 Å². The molecule has 1 aromatic heterocycles. The van der Waals surface area contributed by atoms with Crippen LogP contribution in [0.15, 0.2) is 12.3 Å². The average molecular weight is 235 g/mol. The maximum Gasteiger partial charge on any atom is 0.131 e. The Balaban J connectivity index is 2.17. The standard InChI is InChI=1S/C13H21N3O/c1-10-6-12(9-17)7-14-13(10)16-5-4-15(3)11(2)8-16/h6-7,11,17H,4-5,8-9H2,1-3H3. The number of anilines is 1. The van der Waals surface area contributed by atoms with Crippen molar-refractivity contribution in [3.8, 4) is 0 Å². The maximum atomic E-state index is 9.08. The van der Waals surface area contributed by atoms with Gasteiger partial charge >= 0.3 is 0 Å². The van der Waals surface area contributed by atoms with Gasteiger partial charge in [-0.05, 0) is 38.1 Å². The SMILES string of the molecule is Cc1cc(CO)cnc1N1CCN(C)C(C)C1. The van der Waals surface area contributed by atoms with Gasteiger partial charge in [0.1, 0.15) is 5.82 Å². The molecule has 2 heterocycles. The number of hydrogen-bond acceptors (Lipinski definition) is 4. The molecule has 1 saturated heterocycles. The van der Waals surface area contributed by atoms with E-state index in [4.69, 9.17) is 5.11 Å². The number of piperazine rings is 1. The van der Waals surface area contributed by atoms with Gasteiger partial charge in [-0.1, -0.05) is 0 Å². The van der Waals surface area contributed by atoms with E-state index in [2.05, 4.69) is 35.7 Å². The van der Waals surface area contributed by atoms with Gasteiger partial charge in [-0.3, -0.25) is 0 Å². The zero-order chi connectivity index (χ0) is 12.4. The second-order valence-corrected chi connectivity index (χ2v) is 4.92. The first-order chi connectivity index (χ1) is 8.11. The van der Waals surface area contributed by atoms with Crippen LogP contribution < -0.4 is 4.90 Å². The van der Waals surface area contributed by atoms with Crippen molar-refractivity contribution in [1.82, 2.24) is 9.88 Å². The lowest BCUT2D eigenvalue weighted by Gasteiger charge is -2.38. The highest BCUT2D eigenvalue weighted by molar-refractivity contribution is 5.48. The summed E-state index contributed by atoms with van der Waals surface area (Å²) in [6, 6.07) is 2.58. The van der Waals surface area contributed by atoms with Crippen LogP contribution in [0.1, 0.15) is 18.1 Å². The molecule has 1 atom stereocenters. The van der Waals surface area contributed by atoms with E-state index in [0.717, 1.165) is 36.6 Å². The Labute approximate surface area is 103 Å². The summed E-state index contributed by atoms with van der Waals surface area (Å²) in [4.78, 5) is 9.18. The summed E-state index contributed by atoms with van der Waals surface area (Å²) >= 11 is 0. The molecule has 1 aliphatic rings. The molecule has 17 heavy (non-hydrogen) atoms. The minimum absolute atomic E-state index is 0.0628. The van der Waals surface area contributed by atoms with Gasteiger partial charge < -0.3 is 14.9 Å². The molecule has 1 aromatic rings. The second kappa shape index (κ2) is 5.02. The fraction of sp³-hybridized carbons (Fsp3) is 0.615. The van der Waals surface area contributed by atoms with Crippen molar-refractivity contribution in [2.24, 2.45) is 0 Å². The Hall–Kier alpha value is -1.13. The van der Waals surface area contributed by atoms with E-state index < -0.39 is 0 Å². The summed E-state index contributed by atoms with van der Waals surface area (Å²) in [7, 11) is 2.16. The van der Waals surface area contributed by atoms with E-state index in [1.165, 1.54) is 0 Å². The van der Waals surface area contributed by atoms with Gasteiger partial charge in [0.05, 0.1) is 6.61 Å². The van der Waals surface area contributed by atoms with Crippen molar-refractivity contribution < 1.29 is 5.11 Å². The summed E-state index contributed by atoms with van der Waals surface area (Å²) in [5.41, 5.74) is 2.03. The molecule has 0 aromatic carbocycles. The monoisotopic (exact) mass is 235 g/mol. The molecule has 1 fully saturated rings. The lowest BCUT2D eigenvalue weighted by Crippen LogP contribution is -2.50. The molecule has 0 spiro atoms. The highest BCUT2D eigenvalue weighted by Crippen LogP contribution is 2.21. The van der Waals surface area contributed by atoms with Crippen molar-refractivity contribution in [3.05, 3.63) is 23.4 Å². The molecule has 4 nitrogen and oxygen atoms in total. The lowest BCUT2D eigenvalue weighted by atomic mass is 10.1. The molecule has 1 aliphatic heterocycles. The Morgan fingerprint density at radius 3 is 2.82 bits per heavy atom. The summed E-state index contributed by atoms with van der Waals surface area (Å²) in [5, 5.41) is 9.08. The molecule has 0 bridgehead atoms. The predicted molar refractivity (Wildman–Crippen MR) is 69.2 cm³/mol. The third-order valence-corrected chi connectivity index (χ3v) is 3.55. The number of likely N-dealkylation sites (N-methyl/N-ethyl adjacent to an activating group) is 1. The van der Waals surface area contributed by atoms with Gasteiger partial charge in [0.25, 0.3) is 0 Å². The zero-order valence-electron chi connectivity index (χ0n) is 10.8. The summed E-state index contributed by atoms with van der Waals surface area (Å²) in [6.07, 6.45) is 1.77. The fourth-order valence-corrected chi connectivity index (χ4v) is 2.28. The minimum atomic E-state index is 0.0628. The predicted octanol–water partition coefficient (Wildman–Crippen LogP) is 1.02. The van der Waals surface area contributed by atoms with Crippen LogP contribution in [-0.4, -0.2) is 47.7 Å². The van der Waals surface area contributed by atoms with Crippen LogP contribution >= 0.6 is 0 Å². The van der Waals surface area contributed by atoms with Gasteiger partial charge in [0, 0.05) is 31.9 Å². The maximum absolute atomic E-state index is 9.08. The first kappa shape index (κ1) is 12.3. The summed E-state index contributed by atoms with van der Waals surface area (Å²) in [6.45, 7) is 7.47. The third kappa shape index (κ3) is 2.58. The molecule has 1 unspecified atom stereocenters. The van der Waals surface area contributed by atoms with E-state index in [9.17, 15) is 0 Å². The van der Waals surface area contributed by atoms with Crippen molar-refractivity contribution >= 4 is 5.82 Å². The van der Waals surface area contributed by atoms with Gasteiger partial charge in [-0.2, -0.15) is 0 Å². The van der Waals surface area contributed by atoms with Gasteiger partial charge in [0.15, 0.2) is 0 Å². The molecule has 0 radical (unpaired) electrons. The molecule has 94 valence electrons. The largest absolute Gasteiger partial charge is 0.392 e. The first-order valence-corrected chi connectivity index (χ1v) is 6.13. The number of aryl methyl sites for hydroxylation is 1. The van der Waals surface area contributed by atoms with Crippen molar-refractivity contribution in [2.45, 2.75) is 26.5 Å². The Bertz CT molecular complexity index is 394. The molecule has 2 rings (SSSR count). The zero-order valence-corrected chi connectivity index (χ0v) is 10.8. The van der Waals surface area contributed by atoms with Gasteiger partial charge in [-0.15, -0.1) is 0 Å². The smallest absolute Gasteiger partial charge is 0.131 e. The van der Waals surface area contributed by atoms with E-state index in [1.807, 2.05) is 6.07 Å². The quantitative estimate of drug-likeness (QED) is 0.831. The second-order valence-electron chi connectivity index (χ2n) is 4.92. The van der Waals surface area contributed by atoms with Crippen LogP contribution in [0, 0.1) is 6.92 Å². The minimum Gasteiger partial charge on any atom is -0.392 e. The Morgan fingerprint density at radius 1 is 1.47 bits per heavy atom. The van der Waals surface area contributed by atoms with Crippen LogP contribution in [0.4, 0.5) is 5.82 Å². The van der Waals surface area contributed by atoms with Gasteiger partial charge in [-0.25, -0.2) is 4.98 Å². The fourth-order valence-electron chi connectivity index (χ4n) is 2.28. The van der Waals surface area contributed by atoms with E-state index >= 15 is 0 Å². The van der Waals surface area contributed by atoms with Crippen molar-refractivity contribution in [2.75, 3.05) is 31.6 Å². The number of hydrogen-bond donors (Lipinski definition) is 1. The number of aromatic nitrogens is 1. The highest BCUT2D eigenvalue weighted by Gasteiger charge is 2.22. The number of rotatable bonds is 2. The Morgan fingerprint density at radius 2 is 2.24 bits per heavy atom. The first-order valence-electron chi connectivity index (χ1n) is 6.13. The molecular weight excluding hydrogens is 214 g/mol. The van der Waals surface area contributed by atoms with Crippen molar-refractivity contribution in [1.29, 1.82) is 0 Å². The topological polar surface area (TPSA) is 39.6 Å². The Kier molecular flexibility index (Phi) is 3.64. The number of aliphatic hydroxyl groups is 1. The molecular formula is C13H21N3O. The van der Waals surface area contributed by atoms with Crippen LogP contribution in [0.3, 0.4) is 0 Å². The number of nitrogens with zero attached hydrogens (tertiary/aromatic N) is 3. The number of pyridine rings is 1. The summed E-state index contributed by atoms with van der Waals surface area (Å²) < 4.78 is 0. The summed E-state index contributed by atoms with van der Waals surface area (Å²) in [5.74, 6) is 1.06. The van der Waals surface area contributed by atoms with Crippen LogP contribution in [0.2, 0.25) is 0 Å². The van der Waals surface area contributed by atoms with E-state index in [0.29, 0.717) is 6.04 Å². The molecule has 0 amide bonds. The van der Waals surface area contributed by atoms with Crippen LogP contribution in [-0.2, 0) is 6.61 Å². The molecule has 0 saturated carbocycles. The molecule has 1 N–H and O–H groups in total. The van der Waals surface area contributed by atoms with Crippen molar-refractivity contribution in [3.63, 3.8) is 0 Å². The highest BCUT2D eigenvalue weighted by atomic mass is 16.3. The van der Waals surface area contributed by atoms with E-state index in [-0.39, 0.29) is 6.61 Å². The lowest BCUT2D eigenvalue weighted by molar-refractivity contribution is 0.233. The molecule has 4 heteroatoms.